The molecule has 0 spiro atoms. The van der Waals surface area contributed by atoms with Gasteiger partial charge in [-0.15, -0.1) is 0 Å². The van der Waals surface area contributed by atoms with E-state index in [1.807, 2.05) is 12.1 Å². The van der Waals surface area contributed by atoms with Crippen LogP contribution in [0.2, 0.25) is 43.8 Å². The maximum Gasteiger partial charge on any atom is 0.352 e. The third-order valence-corrected chi connectivity index (χ3v) is 16.5. The van der Waals surface area contributed by atoms with Gasteiger partial charge in [-0.3, -0.25) is 0 Å². The molecule has 3 rings (SSSR count). The lowest BCUT2D eigenvalue weighted by Crippen LogP contribution is -2.41. The molecule has 1 N–H and O–H groups in total. The maximum absolute atomic E-state index is 14.8. The summed E-state index contributed by atoms with van der Waals surface area (Å²) in [5, 5.41) is 15.1. The second-order valence-electron chi connectivity index (χ2n) is 13.0. The van der Waals surface area contributed by atoms with E-state index in [1.54, 1.807) is 35.5 Å². The van der Waals surface area contributed by atoms with Crippen molar-refractivity contribution in [2.75, 3.05) is 19.8 Å². The minimum atomic E-state index is -3.17. The van der Waals surface area contributed by atoms with Crippen molar-refractivity contribution >= 4 is 43.0 Å². The van der Waals surface area contributed by atoms with Crippen LogP contribution in [0.3, 0.4) is 0 Å². The average molecular weight is 607 g/mol. The second kappa shape index (κ2) is 11.9. The van der Waals surface area contributed by atoms with Crippen molar-refractivity contribution in [1.82, 2.24) is 14.3 Å². The first-order valence-corrected chi connectivity index (χ1v) is 21.8. The Balaban J connectivity index is 1.99. The molecule has 0 aliphatic heterocycles. The molecule has 40 heavy (non-hydrogen) atoms. The molecule has 1 atom stereocenters. The second-order valence-corrected chi connectivity index (χ2v) is 25.7. The molecule has 1 unspecified atom stereocenters. The summed E-state index contributed by atoms with van der Waals surface area (Å²) in [7, 11) is -4.70. The SMILES string of the molecule is Cc1c(S(=O)(=NCCO[Si](C)(C)C(C)(C)C)c2ccc3c(cnn3COCC[Si](C)(C)C)c2)cc(C(=O)O)n1C. The van der Waals surface area contributed by atoms with Crippen molar-refractivity contribution in [3.8, 4) is 0 Å². The van der Waals surface area contributed by atoms with E-state index in [-0.39, 0.29) is 17.3 Å². The zero-order valence-electron chi connectivity index (χ0n) is 25.7. The summed E-state index contributed by atoms with van der Waals surface area (Å²) in [4.78, 5) is 12.8. The predicted molar refractivity (Wildman–Crippen MR) is 166 cm³/mol. The number of benzene rings is 1. The van der Waals surface area contributed by atoms with E-state index in [4.69, 9.17) is 13.5 Å². The Morgan fingerprint density at radius 2 is 1.80 bits per heavy atom. The van der Waals surface area contributed by atoms with Crippen LogP contribution in [0.15, 0.2) is 44.6 Å². The van der Waals surface area contributed by atoms with Gasteiger partial charge in [-0.1, -0.05) is 40.4 Å². The van der Waals surface area contributed by atoms with Gasteiger partial charge >= 0.3 is 5.97 Å². The van der Waals surface area contributed by atoms with Crippen molar-refractivity contribution < 1.29 is 23.3 Å². The smallest absolute Gasteiger partial charge is 0.352 e. The largest absolute Gasteiger partial charge is 0.477 e. The number of hydrogen-bond donors (Lipinski definition) is 1. The first-order chi connectivity index (χ1) is 18.4. The van der Waals surface area contributed by atoms with Gasteiger partial charge in [0, 0.05) is 32.8 Å². The predicted octanol–water partition coefficient (Wildman–Crippen LogP) is 6.60. The van der Waals surface area contributed by atoms with Gasteiger partial charge in [-0.2, -0.15) is 5.10 Å². The summed E-state index contributed by atoms with van der Waals surface area (Å²) in [5.74, 6) is -1.08. The van der Waals surface area contributed by atoms with Crippen LogP contribution >= 0.6 is 0 Å². The van der Waals surface area contributed by atoms with Crippen LogP contribution in [-0.4, -0.2) is 65.8 Å². The molecular formula is C28H46N4O5SSi2. The molecule has 0 saturated heterocycles. The van der Waals surface area contributed by atoms with Crippen LogP contribution in [0, 0.1) is 6.92 Å². The van der Waals surface area contributed by atoms with Crippen LogP contribution in [0.5, 0.6) is 0 Å². The molecule has 0 fully saturated rings. The minimum Gasteiger partial charge on any atom is -0.477 e. The van der Waals surface area contributed by atoms with Crippen LogP contribution in [0.4, 0.5) is 0 Å². The summed E-state index contributed by atoms with van der Waals surface area (Å²) >= 11 is 0. The van der Waals surface area contributed by atoms with Crippen LogP contribution in [-0.2, 0) is 32.7 Å². The highest BCUT2D eigenvalue weighted by Gasteiger charge is 2.37. The van der Waals surface area contributed by atoms with E-state index >= 15 is 0 Å². The fourth-order valence-corrected chi connectivity index (χ4v) is 7.99. The zero-order valence-corrected chi connectivity index (χ0v) is 28.5. The number of aromatic nitrogens is 3. The maximum atomic E-state index is 14.8. The molecule has 0 saturated carbocycles. The Morgan fingerprint density at radius 1 is 1.12 bits per heavy atom. The van der Waals surface area contributed by atoms with E-state index in [2.05, 4.69) is 58.6 Å². The lowest BCUT2D eigenvalue weighted by molar-refractivity contribution is 0.0686. The summed E-state index contributed by atoms with van der Waals surface area (Å²) in [5.41, 5.74) is 1.54. The Morgan fingerprint density at radius 3 is 2.38 bits per heavy atom. The number of carboxylic acids is 1. The molecule has 0 aliphatic rings. The summed E-state index contributed by atoms with van der Waals surface area (Å²) in [6.07, 6.45) is 1.74. The van der Waals surface area contributed by atoms with E-state index in [9.17, 15) is 14.1 Å². The number of aromatic carboxylic acids is 1. The highest BCUT2D eigenvalue weighted by Crippen LogP contribution is 2.36. The Bertz CT molecular complexity index is 1490. The Hall–Kier alpha value is -2.26. The molecule has 0 bridgehead atoms. The molecule has 1 aromatic carbocycles. The molecule has 9 nitrogen and oxygen atoms in total. The van der Waals surface area contributed by atoms with Crippen molar-refractivity contribution in [2.24, 2.45) is 11.4 Å². The number of fused-ring (bicyclic) bond motifs is 1. The van der Waals surface area contributed by atoms with E-state index in [1.165, 1.54) is 6.07 Å². The van der Waals surface area contributed by atoms with E-state index in [0.717, 1.165) is 16.9 Å². The Kier molecular flexibility index (Phi) is 9.62. The van der Waals surface area contributed by atoms with Gasteiger partial charge in [-0.25, -0.2) is 18.0 Å². The monoisotopic (exact) mass is 606 g/mol. The van der Waals surface area contributed by atoms with Crippen LogP contribution < -0.4 is 0 Å². The number of carboxylic acid groups (broad SMARTS) is 1. The average Bonchev–Trinajstić information content (AvgIpc) is 3.38. The van der Waals surface area contributed by atoms with E-state index in [0.29, 0.717) is 35.4 Å². The highest BCUT2D eigenvalue weighted by atomic mass is 32.2. The zero-order chi connectivity index (χ0) is 30.1. The highest BCUT2D eigenvalue weighted by molar-refractivity contribution is 7.93. The van der Waals surface area contributed by atoms with E-state index < -0.39 is 32.1 Å². The Labute approximate surface area is 241 Å². The number of ether oxygens (including phenoxy) is 1. The van der Waals surface area contributed by atoms with Crippen molar-refractivity contribution in [3.63, 3.8) is 0 Å². The number of nitrogens with zero attached hydrogens (tertiary/aromatic N) is 4. The fourth-order valence-electron chi connectivity index (χ4n) is 3.98. The van der Waals surface area contributed by atoms with Gasteiger partial charge in [0.2, 0.25) is 0 Å². The van der Waals surface area contributed by atoms with Crippen molar-refractivity contribution in [3.05, 3.63) is 41.9 Å². The number of hydrogen-bond acceptors (Lipinski definition) is 6. The molecule has 3 aromatic rings. The first kappa shape index (κ1) is 32.3. The lowest BCUT2D eigenvalue weighted by Gasteiger charge is -2.36. The third kappa shape index (κ3) is 7.14. The third-order valence-electron chi connectivity index (χ3n) is 7.78. The summed E-state index contributed by atoms with van der Waals surface area (Å²) in [6.45, 7) is 21.2. The molecule has 2 heterocycles. The first-order valence-electron chi connectivity index (χ1n) is 13.7. The molecule has 12 heteroatoms. The van der Waals surface area contributed by atoms with Gasteiger partial charge in [-0.05, 0) is 55.4 Å². The molecule has 0 aliphatic carbocycles. The van der Waals surface area contributed by atoms with Crippen LogP contribution in [0.25, 0.3) is 10.9 Å². The fraction of sp³-hybridized carbons (Fsp3) is 0.571. The summed E-state index contributed by atoms with van der Waals surface area (Å²) < 4.78 is 35.1. The molecule has 2 aromatic heterocycles. The van der Waals surface area contributed by atoms with Gasteiger partial charge in [0.1, 0.15) is 22.2 Å². The molecular weight excluding hydrogens is 561 g/mol. The van der Waals surface area contributed by atoms with Crippen molar-refractivity contribution in [2.45, 2.75) is 88.0 Å². The van der Waals surface area contributed by atoms with Crippen molar-refractivity contribution in [1.29, 1.82) is 0 Å². The molecule has 0 amide bonds. The minimum absolute atomic E-state index is 0.0460. The lowest BCUT2D eigenvalue weighted by atomic mass is 10.2. The van der Waals surface area contributed by atoms with Gasteiger partial charge < -0.3 is 18.8 Å². The van der Waals surface area contributed by atoms with Gasteiger partial charge in [0.15, 0.2) is 8.32 Å². The van der Waals surface area contributed by atoms with Gasteiger partial charge in [0.25, 0.3) is 0 Å². The molecule has 0 radical (unpaired) electrons. The topological polar surface area (TPSA) is 108 Å². The molecule has 222 valence electrons. The number of carbonyl (C=O) groups is 1. The number of rotatable bonds is 12. The normalized spacial score (nSPS) is 14.4. The summed E-state index contributed by atoms with van der Waals surface area (Å²) in [6, 6.07) is 8.09. The quantitative estimate of drug-likeness (QED) is 0.184. The van der Waals surface area contributed by atoms with Crippen LogP contribution in [0.1, 0.15) is 37.0 Å². The standard InChI is InChI=1S/C28H46N4O5SSi2/c1-21-26(18-25(27(33)34)31(21)5)38(35,30-13-14-37-40(9,10)28(2,3)4)23-11-12-24-22(17-23)19-29-32(24)20-36-15-16-39(6,7)8/h11-12,17-19H,13-16,20H2,1-10H3,(H,33,34). The van der Waals surface area contributed by atoms with Gasteiger partial charge in [0.05, 0.1) is 34.7 Å².